The van der Waals surface area contributed by atoms with E-state index in [0.29, 0.717) is 40.0 Å². The van der Waals surface area contributed by atoms with Crippen molar-refractivity contribution in [3.63, 3.8) is 0 Å². The van der Waals surface area contributed by atoms with Gasteiger partial charge in [0.15, 0.2) is 11.5 Å². The predicted molar refractivity (Wildman–Crippen MR) is 139 cm³/mol. The van der Waals surface area contributed by atoms with E-state index < -0.39 is 12.0 Å². The zero-order valence-corrected chi connectivity index (χ0v) is 20.9. The Morgan fingerprint density at radius 3 is 2.39 bits per heavy atom. The van der Waals surface area contributed by atoms with Crippen LogP contribution in [0, 0.1) is 0 Å². The molecule has 1 unspecified atom stereocenters. The van der Waals surface area contributed by atoms with Gasteiger partial charge in [-0.25, -0.2) is 5.01 Å². The lowest BCUT2D eigenvalue weighted by molar-refractivity contribution is -0.132. The molecule has 36 heavy (non-hydrogen) atoms. The number of hydrazone groups is 1. The van der Waals surface area contributed by atoms with E-state index in [1.807, 2.05) is 42.5 Å². The molecule has 0 aromatic heterocycles. The van der Waals surface area contributed by atoms with Gasteiger partial charge in [0.05, 0.1) is 26.0 Å². The van der Waals surface area contributed by atoms with Gasteiger partial charge in [0, 0.05) is 30.0 Å². The monoisotopic (exact) mass is 504 g/mol. The molecular weight excluding hydrogens is 480 g/mol. The highest BCUT2D eigenvalue weighted by Crippen LogP contribution is 2.39. The third-order valence-corrected chi connectivity index (χ3v) is 5.89. The van der Waals surface area contributed by atoms with Crippen LogP contribution in [0.2, 0.25) is 5.02 Å². The quantitative estimate of drug-likeness (QED) is 0.235. The van der Waals surface area contributed by atoms with Crippen molar-refractivity contribution in [1.82, 2.24) is 5.01 Å². The van der Waals surface area contributed by atoms with Crippen LogP contribution in [-0.2, 0) is 9.59 Å². The molecular formula is C28H25ClN2O5. The number of hydrogen-bond acceptors (Lipinski definition) is 6. The number of benzene rings is 3. The maximum Gasteiger partial charge on any atom is 0.308 e. The summed E-state index contributed by atoms with van der Waals surface area (Å²) in [5.74, 6) is 0.677. The summed E-state index contributed by atoms with van der Waals surface area (Å²) >= 11 is 6.26. The third kappa shape index (κ3) is 5.58. The second kappa shape index (κ2) is 11.1. The number of esters is 1. The molecule has 1 amide bonds. The van der Waals surface area contributed by atoms with Gasteiger partial charge in [0.1, 0.15) is 5.75 Å². The van der Waals surface area contributed by atoms with Crippen molar-refractivity contribution < 1.29 is 23.8 Å². The zero-order valence-electron chi connectivity index (χ0n) is 20.1. The fourth-order valence-corrected chi connectivity index (χ4v) is 4.15. The highest BCUT2D eigenvalue weighted by atomic mass is 35.5. The standard InChI is InChI=1S/C28H25ClN2O5/c1-18(32)36-25-13-11-21(29)16-22(25)23-17-24(20-10-12-26(34-2)27(15-20)35-3)31(30-23)28(33)14-9-19-7-5-4-6-8-19/h4-16,24H,17H2,1-3H3. The van der Waals surface area contributed by atoms with Gasteiger partial charge < -0.3 is 14.2 Å². The molecule has 1 aliphatic heterocycles. The van der Waals surface area contributed by atoms with Crippen LogP contribution >= 0.6 is 11.6 Å². The molecule has 3 aromatic rings. The molecule has 0 N–H and O–H groups in total. The maximum atomic E-state index is 13.4. The molecule has 1 atom stereocenters. The van der Waals surface area contributed by atoms with E-state index in [9.17, 15) is 9.59 Å². The molecule has 0 radical (unpaired) electrons. The Labute approximate surface area is 214 Å². The summed E-state index contributed by atoms with van der Waals surface area (Å²) < 4.78 is 16.2. The minimum atomic E-state index is -0.465. The number of amides is 1. The summed E-state index contributed by atoms with van der Waals surface area (Å²) in [6, 6.07) is 19.5. The maximum absolute atomic E-state index is 13.4. The van der Waals surface area contributed by atoms with Crippen molar-refractivity contribution in [2.24, 2.45) is 5.10 Å². The van der Waals surface area contributed by atoms with Crippen molar-refractivity contribution in [1.29, 1.82) is 0 Å². The van der Waals surface area contributed by atoms with Crippen molar-refractivity contribution in [2.75, 3.05) is 14.2 Å². The van der Waals surface area contributed by atoms with Gasteiger partial charge >= 0.3 is 5.97 Å². The van der Waals surface area contributed by atoms with E-state index in [1.54, 1.807) is 44.6 Å². The Kier molecular flexibility index (Phi) is 7.71. The molecule has 0 fully saturated rings. The Bertz CT molecular complexity index is 1340. The van der Waals surface area contributed by atoms with Gasteiger partial charge in [-0.05, 0) is 47.5 Å². The van der Waals surface area contributed by atoms with Gasteiger partial charge in [-0.2, -0.15) is 5.10 Å². The van der Waals surface area contributed by atoms with Gasteiger partial charge in [-0.15, -0.1) is 0 Å². The Morgan fingerprint density at radius 2 is 1.69 bits per heavy atom. The topological polar surface area (TPSA) is 77.4 Å². The highest BCUT2D eigenvalue weighted by molar-refractivity contribution is 6.31. The number of carbonyl (C=O) groups is 2. The first-order valence-electron chi connectivity index (χ1n) is 11.2. The van der Waals surface area contributed by atoms with Crippen LogP contribution in [0.3, 0.4) is 0 Å². The SMILES string of the molecule is COc1ccc(C2CC(c3cc(Cl)ccc3OC(C)=O)=NN2C(=O)C=Cc2ccccc2)cc1OC. The molecule has 0 aliphatic carbocycles. The summed E-state index contributed by atoms with van der Waals surface area (Å²) in [4.78, 5) is 25.0. The summed E-state index contributed by atoms with van der Waals surface area (Å²) in [6.45, 7) is 1.32. The van der Waals surface area contributed by atoms with Crippen LogP contribution < -0.4 is 14.2 Å². The minimum Gasteiger partial charge on any atom is -0.493 e. The van der Waals surface area contributed by atoms with Crippen LogP contribution in [0.4, 0.5) is 0 Å². The van der Waals surface area contributed by atoms with E-state index in [4.69, 9.17) is 25.8 Å². The molecule has 1 heterocycles. The number of carbonyl (C=O) groups excluding carboxylic acids is 2. The average Bonchev–Trinajstić information content (AvgIpc) is 3.33. The molecule has 3 aromatic carbocycles. The lowest BCUT2D eigenvalue weighted by atomic mass is 9.97. The number of methoxy groups -OCH3 is 2. The second-order valence-electron chi connectivity index (χ2n) is 8.04. The fraction of sp³-hybridized carbons (Fsp3) is 0.179. The first-order chi connectivity index (χ1) is 17.4. The first-order valence-corrected chi connectivity index (χ1v) is 11.6. The van der Waals surface area contributed by atoms with E-state index in [2.05, 4.69) is 5.10 Å². The van der Waals surface area contributed by atoms with Crippen molar-refractivity contribution in [3.8, 4) is 17.2 Å². The lowest BCUT2D eigenvalue weighted by Crippen LogP contribution is -2.25. The molecule has 1 aliphatic rings. The number of halogens is 1. The van der Waals surface area contributed by atoms with Crippen LogP contribution in [0.25, 0.3) is 6.08 Å². The molecule has 0 spiro atoms. The predicted octanol–water partition coefficient (Wildman–Crippen LogP) is 5.67. The summed E-state index contributed by atoms with van der Waals surface area (Å²) in [6.07, 6.45) is 3.60. The van der Waals surface area contributed by atoms with Crippen molar-refractivity contribution in [3.05, 3.63) is 94.5 Å². The smallest absolute Gasteiger partial charge is 0.308 e. The molecule has 184 valence electrons. The van der Waals surface area contributed by atoms with Gasteiger partial charge in [-0.3, -0.25) is 9.59 Å². The van der Waals surface area contributed by atoms with E-state index >= 15 is 0 Å². The number of hydrogen-bond donors (Lipinski definition) is 0. The van der Waals surface area contributed by atoms with Gasteiger partial charge in [0.25, 0.3) is 5.91 Å². The average molecular weight is 505 g/mol. The number of ether oxygens (including phenoxy) is 3. The van der Waals surface area contributed by atoms with E-state index in [1.165, 1.54) is 18.0 Å². The molecule has 0 saturated carbocycles. The molecule has 4 rings (SSSR count). The Balaban J connectivity index is 1.75. The van der Waals surface area contributed by atoms with Gasteiger partial charge in [-0.1, -0.05) is 48.0 Å². The highest BCUT2D eigenvalue weighted by Gasteiger charge is 2.34. The van der Waals surface area contributed by atoms with Crippen LogP contribution in [-0.4, -0.2) is 36.8 Å². The molecule has 0 bridgehead atoms. The molecule has 0 saturated heterocycles. The van der Waals surface area contributed by atoms with Crippen molar-refractivity contribution >= 4 is 35.3 Å². The summed E-state index contributed by atoms with van der Waals surface area (Å²) in [7, 11) is 3.12. The van der Waals surface area contributed by atoms with Crippen LogP contribution in [0.1, 0.15) is 36.1 Å². The zero-order chi connectivity index (χ0) is 25.7. The second-order valence-corrected chi connectivity index (χ2v) is 8.48. The first kappa shape index (κ1) is 25.0. The third-order valence-electron chi connectivity index (χ3n) is 5.65. The van der Waals surface area contributed by atoms with E-state index in [0.717, 1.165) is 11.1 Å². The minimum absolute atomic E-state index is 0.301. The van der Waals surface area contributed by atoms with Crippen LogP contribution in [0.15, 0.2) is 77.9 Å². The number of nitrogens with zero attached hydrogens (tertiary/aromatic N) is 2. The summed E-state index contributed by atoms with van der Waals surface area (Å²) in [5.41, 5.74) is 2.81. The largest absolute Gasteiger partial charge is 0.493 e. The summed E-state index contributed by atoms with van der Waals surface area (Å²) in [5, 5.41) is 6.55. The molecule has 8 heteroatoms. The molecule has 7 nitrogen and oxygen atoms in total. The normalized spacial score (nSPS) is 15.1. The van der Waals surface area contributed by atoms with Gasteiger partial charge in [0.2, 0.25) is 0 Å². The Morgan fingerprint density at radius 1 is 0.972 bits per heavy atom. The Hall–Kier alpha value is -4.10. The lowest BCUT2D eigenvalue weighted by Gasteiger charge is -2.21. The number of rotatable bonds is 7. The van der Waals surface area contributed by atoms with E-state index in [-0.39, 0.29) is 5.91 Å². The fourth-order valence-electron chi connectivity index (χ4n) is 3.98. The van der Waals surface area contributed by atoms with Crippen LogP contribution in [0.5, 0.6) is 17.2 Å². The van der Waals surface area contributed by atoms with Crippen molar-refractivity contribution in [2.45, 2.75) is 19.4 Å².